The molecule has 5 heteroatoms. The number of ether oxygens (including phenoxy) is 2. The van der Waals surface area contributed by atoms with Crippen molar-refractivity contribution in [3.8, 4) is 5.75 Å². The van der Waals surface area contributed by atoms with Gasteiger partial charge in [-0.2, -0.15) is 0 Å². The second kappa shape index (κ2) is 7.20. The fourth-order valence-corrected chi connectivity index (χ4v) is 3.35. The molecule has 0 radical (unpaired) electrons. The third-order valence-corrected chi connectivity index (χ3v) is 4.56. The summed E-state index contributed by atoms with van der Waals surface area (Å²) in [5.74, 6) is 5.64. The molecule has 1 fully saturated rings. The topological polar surface area (TPSA) is 56.5 Å². The fourth-order valence-electron chi connectivity index (χ4n) is 3.35. The zero-order valence-electron chi connectivity index (χ0n) is 12.8. The minimum atomic E-state index is -0.383. The molecule has 2 rings (SSSR count). The van der Waals surface area contributed by atoms with E-state index in [1.54, 1.807) is 13.2 Å². The SMILES string of the molecule is COc1ccc(C(NN)C2(OC)CCCCCC2)cc1F. The van der Waals surface area contributed by atoms with Crippen molar-refractivity contribution >= 4 is 0 Å². The Labute approximate surface area is 125 Å². The first kappa shape index (κ1) is 16.2. The van der Waals surface area contributed by atoms with Crippen molar-refractivity contribution in [1.82, 2.24) is 5.43 Å². The Morgan fingerprint density at radius 3 is 2.33 bits per heavy atom. The number of rotatable bonds is 5. The molecular formula is C16H25FN2O2. The molecule has 1 aromatic carbocycles. The van der Waals surface area contributed by atoms with Gasteiger partial charge in [-0.15, -0.1) is 0 Å². The molecule has 21 heavy (non-hydrogen) atoms. The van der Waals surface area contributed by atoms with E-state index in [-0.39, 0.29) is 23.2 Å². The van der Waals surface area contributed by atoms with Crippen LogP contribution in [0.1, 0.15) is 50.1 Å². The average molecular weight is 296 g/mol. The van der Waals surface area contributed by atoms with Gasteiger partial charge in [0.05, 0.1) is 18.8 Å². The first-order chi connectivity index (χ1) is 10.2. The zero-order chi connectivity index (χ0) is 15.3. The second-order valence-electron chi connectivity index (χ2n) is 5.68. The van der Waals surface area contributed by atoms with Crippen molar-refractivity contribution < 1.29 is 13.9 Å². The minimum Gasteiger partial charge on any atom is -0.494 e. The first-order valence-electron chi connectivity index (χ1n) is 7.51. The van der Waals surface area contributed by atoms with Gasteiger partial charge in [0.15, 0.2) is 11.6 Å². The summed E-state index contributed by atoms with van der Waals surface area (Å²) in [5.41, 5.74) is 3.25. The van der Waals surface area contributed by atoms with Gasteiger partial charge in [0.25, 0.3) is 0 Å². The smallest absolute Gasteiger partial charge is 0.165 e. The molecule has 0 saturated heterocycles. The first-order valence-corrected chi connectivity index (χ1v) is 7.51. The highest BCUT2D eigenvalue weighted by Crippen LogP contribution is 2.40. The maximum atomic E-state index is 14.0. The van der Waals surface area contributed by atoms with E-state index < -0.39 is 0 Å². The third-order valence-electron chi connectivity index (χ3n) is 4.56. The van der Waals surface area contributed by atoms with Crippen LogP contribution < -0.4 is 16.0 Å². The Morgan fingerprint density at radius 1 is 1.19 bits per heavy atom. The molecule has 1 aliphatic rings. The maximum absolute atomic E-state index is 14.0. The second-order valence-corrected chi connectivity index (χ2v) is 5.68. The van der Waals surface area contributed by atoms with Crippen LogP contribution in [0.4, 0.5) is 4.39 Å². The molecule has 0 heterocycles. The van der Waals surface area contributed by atoms with Crippen molar-refractivity contribution in [3.05, 3.63) is 29.6 Å². The summed E-state index contributed by atoms with van der Waals surface area (Å²) in [4.78, 5) is 0. The largest absolute Gasteiger partial charge is 0.494 e. The van der Waals surface area contributed by atoms with E-state index in [1.807, 2.05) is 6.07 Å². The molecule has 3 N–H and O–H groups in total. The Balaban J connectivity index is 2.34. The molecule has 0 amide bonds. The molecule has 0 aromatic heterocycles. The Kier molecular flexibility index (Phi) is 5.56. The van der Waals surface area contributed by atoms with Crippen LogP contribution in [-0.2, 0) is 4.74 Å². The molecule has 1 aromatic rings. The number of hydrazine groups is 1. The normalized spacial score (nSPS) is 19.8. The van der Waals surface area contributed by atoms with E-state index >= 15 is 0 Å². The predicted molar refractivity (Wildman–Crippen MR) is 80.5 cm³/mol. The van der Waals surface area contributed by atoms with Crippen molar-refractivity contribution in [1.29, 1.82) is 0 Å². The Hall–Kier alpha value is -1.17. The van der Waals surface area contributed by atoms with E-state index in [2.05, 4.69) is 5.43 Å². The van der Waals surface area contributed by atoms with Gasteiger partial charge < -0.3 is 9.47 Å². The van der Waals surface area contributed by atoms with Gasteiger partial charge in [-0.05, 0) is 30.5 Å². The third kappa shape index (κ3) is 3.36. The monoisotopic (exact) mass is 296 g/mol. The lowest BCUT2D eigenvalue weighted by Gasteiger charge is -2.39. The van der Waals surface area contributed by atoms with E-state index in [1.165, 1.54) is 26.0 Å². The van der Waals surface area contributed by atoms with Gasteiger partial charge in [0, 0.05) is 7.11 Å². The highest BCUT2D eigenvalue weighted by molar-refractivity contribution is 5.32. The van der Waals surface area contributed by atoms with Crippen molar-refractivity contribution in [2.45, 2.75) is 50.2 Å². The molecule has 1 unspecified atom stereocenters. The molecule has 118 valence electrons. The lowest BCUT2D eigenvalue weighted by molar-refractivity contribution is -0.0542. The van der Waals surface area contributed by atoms with Crippen LogP contribution in [0.15, 0.2) is 18.2 Å². The van der Waals surface area contributed by atoms with Crippen LogP contribution in [-0.4, -0.2) is 19.8 Å². The molecule has 0 aliphatic heterocycles. The molecule has 0 spiro atoms. The Morgan fingerprint density at radius 2 is 1.86 bits per heavy atom. The van der Waals surface area contributed by atoms with Crippen LogP contribution >= 0.6 is 0 Å². The van der Waals surface area contributed by atoms with E-state index in [0.717, 1.165) is 31.2 Å². The van der Waals surface area contributed by atoms with Crippen molar-refractivity contribution in [2.75, 3.05) is 14.2 Å². The van der Waals surface area contributed by atoms with Crippen LogP contribution in [0.2, 0.25) is 0 Å². The van der Waals surface area contributed by atoms with Gasteiger partial charge >= 0.3 is 0 Å². The standard InChI is InChI=1S/C16H25FN2O2/c1-20-14-8-7-12(11-13(14)17)15(19-18)16(21-2)9-5-3-4-6-10-16/h7-8,11,15,19H,3-6,9-10,18H2,1-2H3. The molecule has 1 aliphatic carbocycles. The van der Waals surface area contributed by atoms with Crippen LogP contribution in [0.3, 0.4) is 0 Å². The summed E-state index contributed by atoms with van der Waals surface area (Å²) in [7, 11) is 3.17. The van der Waals surface area contributed by atoms with Crippen molar-refractivity contribution in [3.63, 3.8) is 0 Å². The number of nitrogens with two attached hydrogens (primary N) is 1. The lowest BCUT2D eigenvalue weighted by atomic mass is 9.82. The number of hydrogen-bond donors (Lipinski definition) is 2. The van der Waals surface area contributed by atoms with Crippen LogP contribution in [0, 0.1) is 5.82 Å². The number of hydrogen-bond acceptors (Lipinski definition) is 4. The van der Waals surface area contributed by atoms with Crippen molar-refractivity contribution in [2.24, 2.45) is 5.84 Å². The minimum absolute atomic E-state index is 0.235. The fraction of sp³-hybridized carbons (Fsp3) is 0.625. The maximum Gasteiger partial charge on any atom is 0.165 e. The van der Waals surface area contributed by atoms with Crippen LogP contribution in [0.5, 0.6) is 5.75 Å². The molecule has 1 saturated carbocycles. The molecule has 1 atom stereocenters. The van der Waals surface area contributed by atoms with Crippen LogP contribution in [0.25, 0.3) is 0 Å². The molecule has 4 nitrogen and oxygen atoms in total. The number of nitrogens with one attached hydrogen (secondary N) is 1. The van der Waals surface area contributed by atoms with Gasteiger partial charge in [-0.1, -0.05) is 31.7 Å². The number of halogens is 1. The summed E-state index contributed by atoms with van der Waals surface area (Å²) in [6, 6.07) is 4.73. The van der Waals surface area contributed by atoms with Gasteiger partial charge in [0.2, 0.25) is 0 Å². The Bertz CT molecular complexity index is 460. The number of methoxy groups -OCH3 is 2. The lowest BCUT2D eigenvalue weighted by Crippen LogP contribution is -2.47. The van der Waals surface area contributed by atoms with E-state index in [4.69, 9.17) is 15.3 Å². The average Bonchev–Trinajstić information content (AvgIpc) is 2.75. The number of benzene rings is 1. The van der Waals surface area contributed by atoms with Gasteiger partial charge in [-0.25, -0.2) is 4.39 Å². The highest BCUT2D eigenvalue weighted by Gasteiger charge is 2.39. The summed E-state index contributed by atoms with van der Waals surface area (Å²) in [6.45, 7) is 0. The van der Waals surface area contributed by atoms with E-state index in [0.29, 0.717) is 0 Å². The molecule has 0 bridgehead atoms. The van der Waals surface area contributed by atoms with Gasteiger partial charge in [-0.3, -0.25) is 11.3 Å². The predicted octanol–water partition coefficient (Wildman–Crippen LogP) is 3.08. The quantitative estimate of drug-likeness (QED) is 0.498. The summed E-state index contributed by atoms with van der Waals surface area (Å²) < 4.78 is 24.8. The van der Waals surface area contributed by atoms with Gasteiger partial charge in [0.1, 0.15) is 0 Å². The summed E-state index contributed by atoms with van der Waals surface area (Å²) >= 11 is 0. The molecular weight excluding hydrogens is 271 g/mol. The highest BCUT2D eigenvalue weighted by atomic mass is 19.1. The van der Waals surface area contributed by atoms with E-state index in [9.17, 15) is 4.39 Å². The zero-order valence-corrected chi connectivity index (χ0v) is 12.8. The summed E-state index contributed by atoms with van der Waals surface area (Å²) in [6.07, 6.45) is 6.46. The summed E-state index contributed by atoms with van der Waals surface area (Å²) in [5, 5.41) is 0.